The van der Waals surface area contributed by atoms with Crippen molar-refractivity contribution in [2.24, 2.45) is 0 Å². The van der Waals surface area contributed by atoms with Crippen LogP contribution in [0.15, 0.2) is 48.5 Å². The van der Waals surface area contributed by atoms with E-state index in [4.69, 9.17) is 0 Å². The zero-order valence-electron chi connectivity index (χ0n) is 16.9. The van der Waals surface area contributed by atoms with Crippen molar-refractivity contribution in [2.45, 2.75) is 59.0 Å². The van der Waals surface area contributed by atoms with Crippen LogP contribution in [0.25, 0.3) is 0 Å². The zero-order valence-corrected chi connectivity index (χ0v) is 16.9. The Labute approximate surface area is 164 Å². The highest BCUT2D eigenvalue weighted by atomic mass is 16.2. The van der Waals surface area contributed by atoms with E-state index < -0.39 is 0 Å². The first-order valence-electron chi connectivity index (χ1n) is 10.3. The van der Waals surface area contributed by atoms with E-state index in [2.05, 4.69) is 72.2 Å². The summed E-state index contributed by atoms with van der Waals surface area (Å²) in [6.07, 6.45) is 3.65. The van der Waals surface area contributed by atoms with Gasteiger partial charge in [-0.2, -0.15) is 0 Å². The maximum Gasteiger partial charge on any atom is 0.226 e. The molecule has 144 valence electrons. The Kier molecular flexibility index (Phi) is 6.68. The number of aryl methyl sites for hydroxylation is 2. The molecule has 0 saturated carbocycles. The van der Waals surface area contributed by atoms with E-state index in [1.165, 1.54) is 16.7 Å². The van der Waals surface area contributed by atoms with Crippen molar-refractivity contribution in [1.29, 1.82) is 0 Å². The third kappa shape index (κ3) is 4.98. The van der Waals surface area contributed by atoms with Gasteiger partial charge in [0.05, 0.1) is 0 Å². The van der Waals surface area contributed by atoms with Gasteiger partial charge < -0.3 is 4.90 Å². The standard InChI is InChI=1S/C24H32N2O/c1-4-20-10-12-22(13-11-20)26(24(27)5-2)23-14-16-25(17-15-23)18-21-8-6-19(3)7-9-21/h6-13,23H,4-5,14-18H2,1-3H3. The summed E-state index contributed by atoms with van der Waals surface area (Å²) in [6, 6.07) is 17.7. The van der Waals surface area contributed by atoms with Gasteiger partial charge >= 0.3 is 0 Å². The molecule has 0 unspecified atom stereocenters. The summed E-state index contributed by atoms with van der Waals surface area (Å²) < 4.78 is 0. The van der Waals surface area contributed by atoms with Crippen molar-refractivity contribution in [2.75, 3.05) is 18.0 Å². The summed E-state index contributed by atoms with van der Waals surface area (Å²) in [5.41, 5.74) is 5.04. The minimum Gasteiger partial charge on any atom is -0.309 e. The third-order valence-corrected chi connectivity index (χ3v) is 5.64. The fraction of sp³-hybridized carbons (Fsp3) is 0.458. The molecule has 1 aliphatic rings. The Bertz CT molecular complexity index is 728. The lowest BCUT2D eigenvalue weighted by Crippen LogP contribution is -2.47. The second kappa shape index (κ2) is 9.18. The van der Waals surface area contributed by atoms with Crippen LogP contribution in [0.1, 0.15) is 49.8 Å². The highest BCUT2D eigenvalue weighted by Crippen LogP contribution is 2.26. The molecule has 3 rings (SSSR count). The van der Waals surface area contributed by atoms with Gasteiger partial charge in [-0.25, -0.2) is 0 Å². The Morgan fingerprint density at radius 3 is 2.11 bits per heavy atom. The van der Waals surface area contributed by atoms with Crippen LogP contribution in [0.4, 0.5) is 5.69 Å². The molecular formula is C24H32N2O. The molecule has 27 heavy (non-hydrogen) atoms. The summed E-state index contributed by atoms with van der Waals surface area (Å²) >= 11 is 0. The lowest BCUT2D eigenvalue weighted by molar-refractivity contribution is -0.119. The van der Waals surface area contributed by atoms with Gasteiger partial charge in [-0.1, -0.05) is 55.8 Å². The van der Waals surface area contributed by atoms with E-state index in [1.54, 1.807) is 0 Å². The average molecular weight is 365 g/mol. The molecule has 1 saturated heterocycles. The largest absolute Gasteiger partial charge is 0.309 e. The number of benzene rings is 2. The van der Waals surface area contributed by atoms with Crippen molar-refractivity contribution < 1.29 is 4.79 Å². The summed E-state index contributed by atoms with van der Waals surface area (Å²) in [7, 11) is 0. The SMILES string of the molecule is CCC(=O)N(c1ccc(CC)cc1)C1CCN(Cc2ccc(C)cc2)CC1. The fourth-order valence-corrected chi connectivity index (χ4v) is 3.91. The Morgan fingerprint density at radius 2 is 1.56 bits per heavy atom. The van der Waals surface area contributed by atoms with Crippen molar-refractivity contribution in [3.05, 3.63) is 65.2 Å². The number of nitrogens with zero attached hydrogens (tertiary/aromatic N) is 2. The van der Waals surface area contributed by atoms with Crippen LogP contribution in [0.2, 0.25) is 0 Å². The summed E-state index contributed by atoms with van der Waals surface area (Å²) in [4.78, 5) is 17.3. The molecule has 2 aromatic rings. The second-order valence-electron chi connectivity index (χ2n) is 7.63. The van der Waals surface area contributed by atoms with Crippen LogP contribution in [-0.4, -0.2) is 29.9 Å². The monoisotopic (exact) mass is 364 g/mol. The van der Waals surface area contributed by atoms with Gasteiger partial charge in [-0.3, -0.25) is 9.69 Å². The Hall–Kier alpha value is -2.13. The number of piperidine rings is 1. The summed E-state index contributed by atoms with van der Waals surface area (Å²) in [5.74, 6) is 0.233. The minimum absolute atomic E-state index is 0.233. The minimum atomic E-state index is 0.233. The number of hydrogen-bond donors (Lipinski definition) is 0. The molecule has 1 amide bonds. The van der Waals surface area contributed by atoms with E-state index in [0.717, 1.165) is 44.6 Å². The molecule has 1 fully saturated rings. The van der Waals surface area contributed by atoms with Gasteiger partial charge in [-0.15, -0.1) is 0 Å². The molecule has 0 aromatic heterocycles. The first kappa shape index (κ1) is 19.6. The van der Waals surface area contributed by atoms with Crippen molar-refractivity contribution >= 4 is 11.6 Å². The Balaban J connectivity index is 1.65. The molecule has 0 aliphatic carbocycles. The van der Waals surface area contributed by atoms with Gasteiger partial charge in [0.1, 0.15) is 0 Å². The molecule has 0 N–H and O–H groups in total. The molecule has 1 heterocycles. The highest BCUT2D eigenvalue weighted by Gasteiger charge is 2.28. The van der Waals surface area contributed by atoms with Gasteiger partial charge in [0.25, 0.3) is 0 Å². The van der Waals surface area contributed by atoms with Gasteiger partial charge in [0, 0.05) is 37.8 Å². The van der Waals surface area contributed by atoms with E-state index in [1.807, 2.05) is 6.92 Å². The molecule has 3 nitrogen and oxygen atoms in total. The Morgan fingerprint density at radius 1 is 0.963 bits per heavy atom. The van der Waals surface area contributed by atoms with Crippen LogP contribution in [0, 0.1) is 6.92 Å². The normalized spacial score (nSPS) is 15.7. The quantitative estimate of drug-likeness (QED) is 0.723. The molecule has 1 aliphatic heterocycles. The second-order valence-corrected chi connectivity index (χ2v) is 7.63. The molecule has 0 radical (unpaired) electrons. The number of hydrogen-bond acceptors (Lipinski definition) is 2. The maximum atomic E-state index is 12.7. The maximum absolute atomic E-state index is 12.7. The van der Waals surface area contributed by atoms with Crippen molar-refractivity contribution in [1.82, 2.24) is 4.90 Å². The van der Waals surface area contributed by atoms with Crippen LogP contribution in [0.3, 0.4) is 0 Å². The molecule has 0 bridgehead atoms. The number of carbonyl (C=O) groups is 1. The zero-order chi connectivity index (χ0) is 19.2. The highest BCUT2D eigenvalue weighted by molar-refractivity contribution is 5.93. The van der Waals surface area contributed by atoms with Gasteiger partial charge in [0.15, 0.2) is 0 Å². The molecule has 0 atom stereocenters. The number of likely N-dealkylation sites (tertiary alicyclic amines) is 1. The summed E-state index contributed by atoms with van der Waals surface area (Å²) in [5, 5.41) is 0. The topological polar surface area (TPSA) is 23.6 Å². The fourth-order valence-electron chi connectivity index (χ4n) is 3.91. The van der Waals surface area contributed by atoms with Crippen LogP contribution in [-0.2, 0) is 17.8 Å². The van der Waals surface area contributed by atoms with Crippen molar-refractivity contribution in [3.8, 4) is 0 Å². The first-order valence-corrected chi connectivity index (χ1v) is 10.3. The smallest absolute Gasteiger partial charge is 0.226 e. The molecule has 0 spiro atoms. The van der Waals surface area contributed by atoms with E-state index in [0.29, 0.717) is 12.5 Å². The van der Waals surface area contributed by atoms with E-state index >= 15 is 0 Å². The lowest BCUT2D eigenvalue weighted by atomic mass is 10.0. The van der Waals surface area contributed by atoms with Crippen LogP contribution < -0.4 is 4.90 Å². The predicted molar refractivity (Wildman–Crippen MR) is 113 cm³/mol. The van der Waals surface area contributed by atoms with Gasteiger partial charge in [-0.05, 0) is 49.4 Å². The first-order chi connectivity index (χ1) is 13.1. The summed E-state index contributed by atoms with van der Waals surface area (Å²) in [6.45, 7) is 9.33. The predicted octanol–water partition coefficient (Wildman–Crippen LogP) is 4.97. The third-order valence-electron chi connectivity index (χ3n) is 5.64. The molecule has 3 heteroatoms. The average Bonchev–Trinajstić information content (AvgIpc) is 2.71. The van der Waals surface area contributed by atoms with Crippen molar-refractivity contribution in [3.63, 3.8) is 0 Å². The number of rotatable bonds is 6. The van der Waals surface area contributed by atoms with Crippen LogP contribution >= 0.6 is 0 Å². The molecule has 2 aromatic carbocycles. The lowest BCUT2D eigenvalue weighted by Gasteiger charge is -2.38. The molecular weight excluding hydrogens is 332 g/mol. The number of anilines is 1. The number of carbonyl (C=O) groups excluding carboxylic acids is 1. The number of amides is 1. The van der Waals surface area contributed by atoms with E-state index in [9.17, 15) is 4.79 Å². The van der Waals surface area contributed by atoms with Crippen LogP contribution in [0.5, 0.6) is 0 Å². The van der Waals surface area contributed by atoms with Gasteiger partial charge in [0.2, 0.25) is 5.91 Å². The van der Waals surface area contributed by atoms with E-state index in [-0.39, 0.29) is 5.91 Å².